The zero-order valence-corrected chi connectivity index (χ0v) is 10.5. The number of amides is 1. The summed E-state index contributed by atoms with van der Waals surface area (Å²) in [5.74, 6) is 0.0336. The van der Waals surface area contributed by atoms with E-state index >= 15 is 0 Å². The molecular weight excluding hydrogens is 208 g/mol. The van der Waals surface area contributed by atoms with Crippen LogP contribution in [-0.4, -0.2) is 52.0 Å². The number of hydrogen-bond donors (Lipinski definition) is 2. The molecule has 16 heavy (non-hydrogen) atoms. The van der Waals surface area contributed by atoms with Crippen molar-refractivity contribution in [2.45, 2.75) is 26.3 Å². The van der Waals surface area contributed by atoms with Crippen molar-refractivity contribution in [3.8, 4) is 0 Å². The van der Waals surface area contributed by atoms with E-state index in [-0.39, 0.29) is 11.9 Å². The van der Waals surface area contributed by atoms with Crippen LogP contribution in [0.5, 0.6) is 0 Å². The van der Waals surface area contributed by atoms with E-state index in [1.54, 1.807) is 7.11 Å². The Balaban J connectivity index is 3.21. The molecule has 0 aromatic heterocycles. The number of nitrogens with one attached hydrogen (secondary N) is 2. The summed E-state index contributed by atoms with van der Waals surface area (Å²) in [6.07, 6.45) is 0.950. The molecule has 0 bridgehead atoms. The lowest BCUT2D eigenvalue weighted by Crippen LogP contribution is -2.39. The van der Waals surface area contributed by atoms with Crippen molar-refractivity contribution in [1.29, 1.82) is 0 Å². The second kappa shape index (κ2) is 10.9. The zero-order valence-electron chi connectivity index (χ0n) is 10.5. The van der Waals surface area contributed by atoms with Gasteiger partial charge in [-0.25, -0.2) is 0 Å². The Labute approximate surface area is 97.9 Å². The quantitative estimate of drug-likeness (QED) is 0.527. The molecule has 0 aliphatic carbocycles. The van der Waals surface area contributed by atoms with Crippen molar-refractivity contribution in [2.75, 3.05) is 40.0 Å². The highest BCUT2D eigenvalue weighted by Crippen LogP contribution is 1.86. The third kappa shape index (κ3) is 9.89. The molecule has 1 unspecified atom stereocenters. The van der Waals surface area contributed by atoms with Crippen molar-refractivity contribution in [2.24, 2.45) is 0 Å². The van der Waals surface area contributed by atoms with Crippen LogP contribution in [0.3, 0.4) is 0 Å². The maximum Gasteiger partial charge on any atom is 0.234 e. The van der Waals surface area contributed by atoms with Gasteiger partial charge in [-0.15, -0.1) is 0 Å². The van der Waals surface area contributed by atoms with Gasteiger partial charge >= 0.3 is 0 Å². The van der Waals surface area contributed by atoms with Crippen LogP contribution in [0, 0.1) is 0 Å². The first-order valence-electron chi connectivity index (χ1n) is 5.77. The van der Waals surface area contributed by atoms with E-state index in [0.29, 0.717) is 32.9 Å². The maximum absolute atomic E-state index is 11.3. The fourth-order valence-electron chi connectivity index (χ4n) is 1.02. The van der Waals surface area contributed by atoms with E-state index in [9.17, 15) is 4.79 Å². The summed E-state index contributed by atoms with van der Waals surface area (Å²) < 4.78 is 10.1. The molecule has 0 fully saturated rings. The van der Waals surface area contributed by atoms with Gasteiger partial charge in [0.15, 0.2) is 0 Å². The smallest absolute Gasteiger partial charge is 0.234 e. The van der Waals surface area contributed by atoms with Gasteiger partial charge in [0.2, 0.25) is 5.91 Å². The largest absolute Gasteiger partial charge is 0.382 e. The van der Waals surface area contributed by atoms with Crippen LogP contribution in [0.1, 0.15) is 20.3 Å². The first kappa shape index (κ1) is 15.3. The molecule has 0 aromatic rings. The summed E-state index contributed by atoms with van der Waals surface area (Å²) in [5, 5.41) is 5.89. The summed E-state index contributed by atoms with van der Waals surface area (Å²) in [5.41, 5.74) is 0. The molecule has 5 nitrogen and oxygen atoms in total. The fraction of sp³-hybridized carbons (Fsp3) is 0.909. The highest BCUT2D eigenvalue weighted by molar-refractivity contribution is 5.78. The third-order valence-electron chi connectivity index (χ3n) is 2.16. The molecule has 0 aromatic carbocycles. The Morgan fingerprint density at radius 1 is 1.31 bits per heavy atom. The number of carbonyl (C=O) groups is 1. The molecule has 0 saturated heterocycles. The minimum atomic E-state index is 0.0336. The number of carbonyl (C=O) groups excluding carboxylic acids is 1. The number of ether oxygens (including phenoxy) is 2. The molecule has 0 saturated carbocycles. The topological polar surface area (TPSA) is 59.6 Å². The molecule has 5 heteroatoms. The van der Waals surface area contributed by atoms with Crippen LogP contribution < -0.4 is 10.6 Å². The van der Waals surface area contributed by atoms with E-state index in [0.717, 1.165) is 6.42 Å². The van der Waals surface area contributed by atoms with Gasteiger partial charge in [-0.2, -0.15) is 0 Å². The van der Waals surface area contributed by atoms with Crippen LogP contribution in [0.25, 0.3) is 0 Å². The first-order valence-corrected chi connectivity index (χ1v) is 5.77. The van der Waals surface area contributed by atoms with Crippen molar-refractivity contribution in [3.05, 3.63) is 0 Å². The van der Waals surface area contributed by atoms with E-state index in [4.69, 9.17) is 9.47 Å². The summed E-state index contributed by atoms with van der Waals surface area (Å²) in [6.45, 7) is 6.86. The number of hydrogen-bond acceptors (Lipinski definition) is 4. The van der Waals surface area contributed by atoms with Crippen LogP contribution in [0.2, 0.25) is 0 Å². The van der Waals surface area contributed by atoms with Gasteiger partial charge < -0.3 is 20.1 Å². The molecule has 0 heterocycles. The lowest BCUT2D eigenvalue weighted by molar-refractivity contribution is -0.120. The Bertz CT molecular complexity index is 177. The predicted molar refractivity (Wildman–Crippen MR) is 63.5 cm³/mol. The van der Waals surface area contributed by atoms with Crippen LogP contribution in [-0.2, 0) is 14.3 Å². The maximum atomic E-state index is 11.3. The van der Waals surface area contributed by atoms with Gasteiger partial charge in [0, 0.05) is 19.7 Å². The van der Waals surface area contributed by atoms with Crippen LogP contribution >= 0.6 is 0 Å². The number of rotatable bonds is 10. The summed E-state index contributed by atoms with van der Waals surface area (Å²) >= 11 is 0. The average Bonchev–Trinajstić information content (AvgIpc) is 2.27. The monoisotopic (exact) mass is 232 g/mol. The molecule has 0 aliphatic heterocycles. The Hall–Kier alpha value is -0.650. The van der Waals surface area contributed by atoms with Crippen LogP contribution in [0.15, 0.2) is 0 Å². The van der Waals surface area contributed by atoms with Crippen molar-refractivity contribution >= 4 is 5.91 Å². The molecule has 0 aliphatic rings. The Morgan fingerprint density at radius 2 is 2.06 bits per heavy atom. The first-order chi connectivity index (χ1) is 7.70. The van der Waals surface area contributed by atoms with E-state index in [1.165, 1.54) is 0 Å². The van der Waals surface area contributed by atoms with Crippen molar-refractivity contribution < 1.29 is 14.3 Å². The molecule has 96 valence electrons. The van der Waals surface area contributed by atoms with Gasteiger partial charge in [0.05, 0.1) is 26.4 Å². The molecule has 0 radical (unpaired) electrons. The summed E-state index contributed by atoms with van der Waals surface area (Å²) in [4.78, 5) is 11.3. The van der Waals surface area contributed by atoms with Gasteiger partial charge in [-0.1, -0.05) is 6.92 Å². The van der Waals surface area contributed by atoms with Gasteiger partial charge in [0.25, 0.3) is 0 Å². The highest BCUT2D eigenvalue weighted by atomic mass is 16.5. The fourth-order valence-corrected chi connectivity index (χ4v) is 1.02. The van der Waals surface area contributed by atoms with Gasteiger partial charge in [-0.05, 0) is 13.3 Å². The second-order valence-electron chi connectivity index (χ2n) is 3.66. The van der Waals surface area contributed by atoms with Crippen LogP contribution in [0.4, 0.5) is 0 Å². The molecule has 2 N–H and O–H groups in total. The third-order valence-corrected chi connectivity index (χ3v) is 2.16. The van der Waals surface area contributed by atoms with Crippen molar-refractivity contribution in [3.63, 3.8) is 0 Å². The second-order valence-corrected chi connectivity index (χ2v) is 3.66. The minimum Gasteiger partial charge on any atom is -0.382 e. The van der Waals surface area contributed by atoms with Gasteiger partial charge in [0.1, 0.15) is 0 Å². The molecule has 1 atom stereocenters. The molecule has 1 amide bonds. The lowest BCUT2D eigenvalue weighted by Gasteiger charge is -2.11. The van der Waals surface area contributed by atoms with E-state index in [2.05, 4.69) is 10.6 Å². The number of methoxy groups -OCH3 is 1. The Morgan fingerprint density at radius 3 is 2.69 bits per heavy atom. The van der Waals surface area contributed by atoms with E-state index in [1.807, 2.05) is 13.8 Å². The van der Waals surface area contributed by atoms with Gasteiger partial charge in [-0.3, -0.25) is 4.79 Å². The van der Waals surface area contributed by atoms with E-state index < -0.39 is 0 Å². The highest BCUT2D eigenvalue weighted by Gasteiger charge is 2.03. The molecule has 0 spiro atoms. The molecule has 0 rings (SSSR count). The Kier molecular flexibility index (Phi) is 10.4. The predicted octanol–water partition coefficient (Wildman–Crippen LogP) is 0.154. The summed E-state index contributed by atoms with van der Waals surface area (Å²) in [6, 6.07) is 0.243. The molecular formula is C11H24N2O3. The SMILES string of the molecule is CCC(C)NC(=O)CNCCOCCOC. The van der Waals surface area contributed by atoms with Crippen molar-refractivity contribution in [1.82, 2.24) is 10.6 Å². The minimum absolute atomic E-state index is 0.0336. The zero-order chi connectivity index (χ0) is 12.2. The normalized spacial score (nSPS) is 12.4. The average molecular weight is 232 g/mol. The lowest BCUT2D eigenvalue weighted by atomic mass is 10.2. The summed E-state index contributed by atoms with van der Waals surface area (Å²) in [7, 11) is 1.64. The standard InChI is InChI=1S/C11H24N2O3/c1-4-10(2)13-11(14)9-12-5-6-16-8-7-15-3/h10,12H,4-9H2,1-3H3,(H,13,14).